The molecular weight excluding hydrogens is 390 g/mol. The Morgan fingerprint density at radius 2 is 1.79 bits per heavy atom. The van der Waals surface area contributed by atoms with Gasteiger partial charge in [0.1, 0.15) is 12.3 Å². The lowest BCUT2D eigenvalue weighted by atomic mass is 10.0. The third-order valence-electron chi connectivity index (χ3n) is 4.64. The Morgan fingerprint density at radius 3 is 2.31 bits per heavy atom. The summed E-state index contributed by atoms with van der Waals surface area (Å²) in [6.45, 7) is 3.60. The van der Waals surface area contributed by atoms with Crippen molar-refractivity contribution >= 4 is 21.8 Å². The number of para-hydroxylation sites is 1. The van der Waals surface area contributed by atoms with Gasteiger partial charge in [-0.15, -0.1) is 0 Å². The van der Waals surface area contributed by atoms with Crippen LogP contribution in [0.4, 0.5) is 5.69 Å². The molecule has 0 aromatic heterocycles. The summed E-state index contributed by atoms with van der Waals surface area (Å²) >= 11 is 0. The van der Waals surface area contributed by atoms with E-state index < -0.39 is 10.2 Å². The number of hydrogen-bond donors (Lipinski definition) is 1. The number of carbonyl (C=O) groups is 1. The van der Waals surface area contributed by atoms with Gasteiger partial charge in [-0.3, -0.25) is 4.79 Å². The zero-order valence-electron chi connectivity index (χ0n) is 17.5. The van der Waals surface area contributed by atoms with Crippen molar-refractivity contribution in [3.63, 3.8) is 0 Å². The van der Waals surface area contributed by atoms with Gasteiger partial charge >= 0.3 is 10.2 Å². The van der Waals surface area contributed by atoms with Gasteiger partial charge in [0.25, 0.3) is 0 Å². The Kier molecular flexibility index (Phi) is 7.64. The Labute approximate surface area is 173 Å². The highest BCUT2D eigenvalue weighted by Gasteiger charge is 2.28. The first-order chi connectivity index (χ1) is 13.7. The van der Waals surface area contributed by atoms with E-state index in [2.05, 4.69) is 5.32 Å². The average Bonchev–Trinajstić information content (AvgIpc) is 2.70. The monoisotopic (exact) mass is 419 g/mol. The summed E-state index contributed by atoms with van der Waals surface area (Å²) in [5.41, 5.74) is 2.35. The second kappa shape index (κ2) is 9.76. The Balaban J connectivity index is 2.23. The largest absolute Gasteiger partial charge is 0.496 e. The highest BCUT2D eigenvalue weighted by atomic mass is 32.2. The number of benzene rings is 2. The number of hydrogen-bond acceptors (Lipinski definition) is 4. The molecule has 2 rings (SSSR count). The van der Waals surface area contributed by atoms with Gasteiger partial charge in [0.15, 0.2) is 0 Å². The fourth-order valence-electron chi connectivity index (χ4n) is 3.01. The smallest absolute Gasteiger partial charge is 0.304 e. The number of ether oxygens (including phenoxy) is 1. The normalized spacial score (nSPS) is 12.5. The summed E-state index contributed by atoms with van der Waals surface area (Å²) in [4.78, 5) is 12.8. The predicted octanol–water partition coefficient (Wildman–Crippen LogP) is 2.88. The molecule has 0 heterocycles. The standard InChI is InChI=1S/C21H29N3O4S/c1-6-19(17-12-13-20(28-5)16(2)14-17)22-21(25)15-24(29(26,27)23(3)4)18-10-8-7-9-11-18/h7-14,19H,6,15H2,1-5H3,(H,22,25)/t19-/m1/s1. The van der Waals surface area contributed by atoms with Gasteiger partial charge in [-0.1, -0.05) is 37.3 Å². The molecule has 0 saturated carbocycles. The Hall–Kier alpha value is -2.58. The molecule has 1 atom stereocenters. The molecule has 7 nitrogen and oxygen atoms in total. The van der Waals surface area contributed by atoms with E-state index in [9.17, 15) is 13.2 Å². The summed E-state index contributed by atoms with van der Waals surface area (Å²) in [6.07, 6.45) is 0.670. The quantitative estimate of drug-likeness (QED) is 0.678. The van der Waals surface area contributed by atoms with E-state index in [-0.39, 0.29) is 18.5 Å². The molecular formula is C21H29N3O4S. The molecule has 0 radical (unpaired) electrons. The van der Waals surface area contributed by atoms with Crippen molar-refractivity contribution in [2.24, 2.45) is 0 Å². The molecule has 0 bridgehead atoms. The van der Waals surface area contributed by atoms with Crippen LogP contribution in [0.5, 0.6) is 5.75 Å². The highest BCUT2D eigenvalue weighted by molar-refractivity contribution is 7.90. The van der Waals surface area contributed by atoms with Crippen LogP contribution in [-0.4, -0.2) is 46.4 Å². The molecule has 1 N–H and O–H groups in total. The number of methoxy groups -OCH3 is 1. The number of carbonyl (C=O) groups excluding carboxylic acids is 1. The number of aryl methyl sites for hydroxylation is 1. The molecule has 2 aromatic rings. The molecule has 2 aromatic carbocycles. The predicted molar refractivity (Wildman–Crippen MR) is 115 cm³/mol. The van der Waals surface area contributed by atoms with Crippen LogP contribution in [0.1, 0.15) is 30.5 Å². The molecule has 0 aliphatic rings. The molecule has 8 heteroatoms. The Bertz CT molecular complexity index is 930. The lowest BCUT2D eigenvalue weighted by molar-refractivity contribution is -0.120. The van der Waals surface area contributed by atoms with Crippen molar-refractivity contribution in [1.82, 2.24) is 9.62 Å². The van der Waals surface area contributed by atoms with Gasteiger partial charge in [0.2, 0.25) is 5.91 Å². The highest BCUT2D eigenvalue weighted by Crippen LogP contribution is 2.24. The van der Waals surface area contributed by atoms with Gasteiger partial charge in [-0.05, 0) is 42.7 Å². The van der Waals surface area contributed by atoms with Gasteiger partial charge < -0.3 is 10.1 Å². The molecule has 0 unspecified atom stereocenters. The van der Waals surface area contributed by atoms with Crippen LogP contribution in [0.15, 0.2) is 48.5 Å². The summed E-state index contributed by atoms with van der Waals surface area (Å²) in [6, 6.07) is 14.1. The first-order valence-electron chi connectivity index (χ1n) is 9.39. The van der Waals surface area contributed by atoms with Crippen molar-refractivity contribution in [2.75, 3.05) is 32.1 Å². The van der Waals surface area contributed by atoms with E-state index in [1.165, 1.54) is 14.1 Å². The van der Waals surface area contributed by atoms with Crippen molar-refractivity contribution in [3.8, 4) is 5.75 Å². The van der Waals surface area contributed by atoms with Gasteiger partial charge in [-0.2, -0.15) is 12.7 Å². The second-order valence-corrected chi connectivity index (χ2v) is 8.96. The fraction of sp³-hybridized carbons (Fsp3) is 0.381. The maximum Gasteiger partial charge on any atom is 0.304 e. The third-order valence-corrected chi connectivity index (χ3v) is 6.46. The molecule has 0 aliphatic carbocycles. The van der Waals surface area contributed by atoms with Crippen LogP contribution in [0.3, 0.4) is 0 Å². The van der Waals surface area contributed by atoms with E-state index in [0.717, 1.165) is 25.5 Å². The van der Waals surface area contributed by atoms with Crippen molar-refractivity contribution in [3.05, 3.63) is 59.7 Å². The zero-order valence-corrected chi connectivity index (χ0v) is 18.4. The molecule has 0 fully saturated rings. The lowest BCUT2D eigenvalue weighted by Gasteiger charge is -2.28. The minimum Gasteiger partial charge on any atom is -0.496 e. The van der Waals surface area contributed by atoms with E-state index in [0.29, 0.717) is 12.1 Å². The van der Waals surface area contributed by atoms with E-state index in [1.807, 2.05) is 32.0 Å². The molecule has 29 heavy (non-hydrogen) atoms. The maximum atomic E-state index is 12.8. The average molecular weight is 420 g/mol. The third kappa shape index (κ3) is 5.48. The fourth-order valence-corrected chi connectivity index (χ4v) is 4.07. The zero-order chi connectivity index (χ0) is 21.6. The van der Waals surface area contributed by atoms with Crippen molar-refractivity contribution in [1.29, 1.82) is 0 Å². The van der Waals surface area contributed by atoms with E-state index in [1.54, 1.807) is 37.4 Å². The number of amides is 1. The number of anilines is 1. The minimum atomic E-state index is -3.82. The van der Waals surface area contributed by atoms with Crippen LogP contribution >= 0.6 is 0 Å². The maximum absolute atomic E-state index is 12.8. The van der Waals surface area contributed by atoms with Crippen LogP contribution in [0.25, 0.3) is 0 Å². The lowest BCUT2D eigenvalue weighted by Crippen LogP contribution is -2.46. The first-order valence-corrected chi connectivity index (χ1v) is 10.8. The van der Waals surface area contributed by atoms with Gasteiger partial charge in [0.05, 0.1) is 18.8 Å². The molecule has 1 amide bonds. The van der Waals surface area contributed by atoms with E-state index in [4.69, 9.17) is 4.74 Å². The van der Waals surface area contributed by atoms with E-state index >= 15 is 0 Å². The van der Waals surface area contributed by atoms with Crippen LogP contribution in [0, 0.1) is 6.92 Å². The first kappa shape index (κ1) is 22.7. The van der Waals surface area contributed by atoms with Crippen LogP contribution < -0.4 is 14.4 Å². The molecule has 0 saturated heterocycles. The molecule has 158 valence electrons. The summed E-state index contributed by atoms with van der Waals surface area (Å²) in [7, 11) is 0.680. The summed E-state index contributed by atoms with van der Waals surface area (Å²) in [5.74, 6) is 0.404. The summed E-state index contributed by atoms with van der Waals surface area (Å²) < 4.78 is 33.0. The number of nitrogens with one attached hydrogen (secondary N) is 1. The second-order valence-electron chi connectivity index (χ2n) is 6.89. The SMILES string of the molecule is CC[C@@H](NC(=O)CN(c1ccccc1)S(=O)(=O)N(C)C)c1ccc(OC)c(C)c1. The van der Waals surface area contributed by atoms with Crippen LogP contribution in [-0.2, 0) is 15.0 Å². The molecule has 0 spiro atoms. The topological polar surface area (TPSA) is 79.0 Å². The summed E-state index contributed by atoms with van der Waals surface area (Å²) in [5, 5.41) is 2.95. The minimum absolute atomic E-state index is 0.230. The number of nitrogens with zero attached hydrogens (tertiary/aromatic N) is 2. The van der Waals surface area contributed by atoms with Crippen LogP contribution in [0.2, 0.25) is 0 Å². The molecule has 0 aliphatic heterocycles. The Morgan fingerprint density at radius 1 is 1.14 bits per heavy atom. The van der Waals surface area contributed by atoms with Crippen molar-refractivity contribution in [2.45, 2.75) is 26.3 Å². The van der Waals surface area contributed by atoms with Gasteiger partial charge in [0, 0.05) is 14.1 Å². The van der Waals surface area contributed by atoms with Gasteiger partial charge in [-0.25, -0.2) is 4.31 Å². The number of rotatable bonds is 9. The van der Waals surface area contributed by atoms with Crippen molar-refractivity contribution < 1.29 is 17.9 Å².